The molecule has 3 aromatic rings. The SMILES string of the molecule is CC(C)(O)C(C)(C)O[B]c1cccc2oc3cc(Cl)cnc3c12. The lowest BCUT2D eigenvalue weighted by atomic mass is 9.81. The predicted octanol–water partition coefficient (Wildman–Crippen LogP) is 3.45. The van der Waals surface area contributed by atoms with Gasteiger partial charge in [0, 0.05) is 17.6 Å². The van der Waals surface area contributed by atoms with E-state index >= 15 is 0 Å². The van der Waals surface area contributed by atoms with Gasteiger partial charge in [0.25, 0.3) is 0 Å². The van der Waals surface area contributed by atoms with Crippen molar-refractivity contribution in [2.45, 2.75) is 38.9 Å². The third-order valence-electron chi connectivity index (χ3n) is 4.29. The maximum Gasteiger partial charge on any atom is 0.331 e. The second-order valence-corrected chi connectivity index (χ2v) is 7.06. The minimum absolute atomic E-state index is 0.529. The lowest BCUT2D eigenvalue weighted by molar-refractivity contribution is -0.0893. The number of nitrogens with zero attached hydrogens (tertiary/aromatic N) is 1. The molecule has 1 N–H and O–H groups in total. The Morgan fingerprint density at radius 2 is 1.96 bits per heavy atom. The van der Waals surface area contributed by atoms with Gasteiger partial charge in [-0.15, -0.1) is 0 Å². The van der Waals surface area contributed by atoms with Crippen LogP contribution in [-0.4, -0.2) is 28.8 Å². The number of pyridine rings is 1. The zero-order chi connectivity index (χ0) is 16.8. The number of aromatic nitrogens is 1. The van der Waals surface area contributed by atoms with Crippen LogP contribution in [0.15, 0.2) is 34.9 Å². The van der Waals surface area contributed by atoms with Crippen LogP contribution in [0.25, 0.3) is 22.1 Å². The molecule has 1 aromatic carbocycles. The first-order valence-corrected chi connectivity index (χ1v) is 7.77. The summed E-state index contributed by atoms with van der Waals surface area (Å²) in [6, 6.07) is 7.44. The minimum atomic E-state index is -0.984. The standard InChI is InChI=1S/C17H18BClNO3/c1-16(2,21)17(3,4)23-18-11-6-5-7-12-14(11)15-13(22-12)8-10(19)9-20-15/h5-9,21H,1-4H3. The molecule has 0 amide bonds. The normalized spacial score (nSPS) is 13.0. The molecule has 0 unspecified atom stereocenters. The molecule has 0 aliphatic heterocycles. The van der Waals surface area contributed by atoms with Crippen LogP contribution in [0.3, 0.4) is 0 Å². The van der Waals surface area contributed by atoms with Gasteiger partial charge in [0.1, 0.15) is 11.1 Å². The Morgan fingerprint density at radius 3 is 2.65 bits per heavy atom. The zero-order valence-electron chi connectivity index (χ0n) is 13.6. The number of halogens is 1. The third-order valence-corrected chi connectivity index (χ3v) is 4.50. The van der Waals surface area contributed by atoms with Gasteiger partial charge in [0.15, 0.2) is 5.58 Å². The predicted molar refractivity (Wildman–Crippen MR) is 93.4 cm³/mol. The molecule has 2 heterocycles. The van der Waals surface area contributed by atoms with Crippen LogP contribution in [-0.2, 0) is 4.65 Å². The molecule has 0 spiro atoms. The van der Waals surface area contributed by atoms with Crippen molar-refractivity contribution in [3.63, 3.8) is 0 Å². The van der Waals surface area contributed by atoms with Crippen LogP contribution in [0, 0.1) is 0 Å². The quantitative estimate of drug-likeness (QED) is 0.745. The van der Waals surface area contributed by atoms with Crippen LogP contribution in [0.1, 0.15) is 27.7 Å². The largest absolute Gasteiger partial charge is 0.454 e. The molecule has 0 fully saturated rings. The van der Waals surface area contributed by atoms with Gasteiger partial charge in [0.2, 0.25) is 0 Å². The van der Waals surface area contributed by atoms with Gasteiger partial charge in [-0.05, 0) is 39.2 Å². The maximum atomic E-state index is 10.2. The summed E-state index contributed by atoms with van der Waals surface area (Å²) in [7, 11) is 1.64. The van der Waals surface area contributed by atoms with Crippen molar-refractivity contribution in [1.82, 2.24) is 4.98 Å². The van der Waals surface area contributed by atoms with E-state index in [4.69, 9.17) is 20.7 Å². The Balaban J connectivity index is 2.03. The summed E-state index contributed by atoms with van der Waals surface area (Å²) >= 11 is 5.97. The van der Waals surface area contributed by atoms with Gasteiger partial charge in [-0.3, -0.25) is 4.98 Å². The van der Waals surface area contributed by atoms with Gasteiger partial charge in [-0.25, -0.2) is 0 Å². The van der Waals surface area contributed by atoms with Crippen molar-refractivity contribution in [2.75, 3.05) is 0 Å². The number of aliphatic hydroxyl groups is 1. The molecule has 23 heavy (non-hydrogen) atoms. The second kappa shape index (κ2) is 5.51. The Labute approximate surface area is 140 Å². The fraction of sp³-hybridized carbons (Fsp3) is 0.353. The van der Waals surface area contributed by atoms with Gasteiger partial charge < -0.3 is 14.2 Å². The number of benzene rings is 1. The molecule has 0 saturated heterocycles. The first-order chi connectivity index (χ1) is 10.7. The van der Waals surface area contributed by atoms with Gasteiger partial charge in [-0.1, -0.05) is 23.7 Å². The number of rotatable bonds is 4. The van der Waals surface area contributed by atoms with Gasteiger partial charge >= 0.3 is 7.48 Å². The van der Waals surface area contributed by atoms with E-state index in [2.05, 4.69) is 4.98 Å². The van der Waals surface area contributed by atoms with E-state index in [0.717, 1.165) is 16.4 Å². The molecule has 2 aromatic heterocycles. The molecule has 0 saturated carbocycles. The highest BCUT2D eigenvalue weighted by molar-refractivity contribution is 6.52. The van der Waals surface area contributed by atoms with Crippen LogP contribution in [0.4, 0.5) is 0 Å². The van der Waals surface area contributed by atoms with Gasteiger partial charge in [-0.2, -0.15) is 0 Å². The Hall–Kier alpha value is -1.56. The van der Waals surface area contributed by atoms with Gasteiger partial charge in [0.05, 0.1) is 16.2 Å². The van der Waals surface area contributed by atoms with E-state index in [1.165, 1.54) is 0 Å². The average molecular weight is 331 g/mol. The third kappa shape index (κ3) is 2.96. The van der Waals surface area contributed by atoms with Crippen molar-refractivity contribution in [3.05, 3.63) is 35.5 Å². The van der Waals surface area contributed by atoms with Crippen LogP contribution < -0.4 is 5.46 Å². The number of hydrogen-bond acceptors (Lipinski definition) is 4. The summed E-state index contributed by atoms with van der Waals surface area (Å²) in [6.45, 7) is 7.13. The second-order valence-electron chi connectivity index (χ2n) is 6.63. The monoisotopic (exact) mass is 330 g/mol. The summed E-state index contributed by atoms with van der Waals surface area (Å²) in [4.78, 5) is 4.37. The first-order valence-electron chi connectivity index (χ1n) is 7.39. The first kappa shape index (κ1) is 16.3. The Kier molecular flexibility index (Phi) is 3.91. The number of fused-ring (bicyclic) bond motifs is 3. The number of furan rings is 1. The number of hydrogen-bond donors (Lipinski definition) is 1. The maximum absolute atomic E-state index is 10.2. The zero-order valence-corrected chi connectivity index (χ0v) is 14.3. The fourth-order valence-corrected chi connectivity index (χ4v) is 2.29. The molecular weight excluding hydrogens is 312 g/mol. The fourth-order valence-electron chi connectivity index (χ4n) is 2.14. The molecule has 0 bridgehead atoms. The Bertz CT molecular complexity index is 867. The average Bonchev–Trinajstić information content (AvgIpc) is 2.81. The van der Waals surface area contributed by atoms with Crippen LogP contribution in [0.5, 0.6) is 0 Å². The minimum Gasteiger partial charge on any atom is -0.454 e. The molecule has 119 valence electrons. The summed E-state index contributed by atoms with van der Waals surface area (Å²) in [5.41, 5.74) is 1.20. The lowest BCUT2D eigenvalue weighted by Gasteiger charge is -2.37. The lowest BCUT2D eigenvalue weighted by Crippen LogP contribution is -2.49. The topological polar surface area (TPSA) is 55.5 Å². The Morgan fingerprint density at radius 1 is 1.22 bits per heavy atom. The smallest absolute Gasteiger partial charge is 0.331 e. The van der Waals surface area contributed by atoms with Crippen molar-refractivity contribution in [1.29, 1.82) is 0 Å². The van der Waals surface area contributed by atoms with Crippen molar-refractivity contribution >= 4 is 46.6 Å². The molecule has 3 rings (SSSR count). The van der Waals surface area contributed by atoms with Crippen LogP contribution in [0.2, 0.25) is 5.02 Å². The van der Waals surface area contributed by atoms with E-state index in [9.17, 15) is 5.11 Å². The van der Waals surface area contributed by atoms with Crippen LogP contribution >= 0.6 is 11.6 Å². The van der Waals surface area contributed by atoms with E-state index in [0.29, 0.717) is 16.2 Å². The highest BCUT2D eigenvalue weighted by atomic mass is 35.5. The summed E-state index contributed by atoms with van der Waals surface area (Å²) in [5.74, 6) is 0. The molecule has 1 radical (unpaired) electrons. The summed E-state index contributed by atoms with van der Waals surface area (Å²) in [5, 5.41) is 11.6. The van der Waals surface area contributed by atoms with Crippen molar-refractivity contribution in [2.24, 2.45) is 0 Å². The molecule has 0 aliphatic rings. The highest BCUT2D eigenvalue weighted by Gasteiger charge is 2.36. The van der Waals surface area contributed by atoms with E-state index in [1.807, 2.05) is 32.0 Å². The van der Waals surface area contributed by atoms with E-state index in [-0.39, 0.29) is 0 Å². The molecule has 0 aliphatic carbocycles. The van der Waals surface area contributed by atoms with E-state index in [1.54, 1.807) is 33.6 Å². The highest BCUT2D eigenvalue weighted by Crippen LogP contribution is 2.28. The van der Waals surface area contributed by atoms with E-state index < -0.39 is 11.2 Å². The summed E-state index contributed by atoms with van der Waals surface area (Å²) < 4.78 is 11.7. The summed E-state index contributed by atoms with van der Waals surface area (Å²) in [6.07, 6.45) is 1.59. The molecular formula is C17H18BClNO3. The molecule has 4 nitrogen and oxygen atoms in total. The molecule has 6 heteroatoms. The van der Waals surface area contributed by atoms with Crippen molar-refractivity contribution < 1.29 is 14.2 Å². The molecule has 0 atom stereocenters. The van der Waals surface area contributed by atoms with Crippen molar-refractivity contribution in [3.8, 4) is 0 Å².